The number of hydrogen-bond acceptors (Lipinski definition) is 5. The van der Waals surface area contributed by atoms with Crippen LogP contribution in [0.25, 0.3) is 0 Å². The fourth-order valence-electron chi connectivity index (χ4n) is 2.77. The zero-order valence-electron chi connectivity index (χ0n) is 17.0. The number of aromatic nitrogens is 3. The molecule has 0 aliphatic heterocycles. The van der Waals surface area contributed by atoms with E-state index in [-0.39, 0.29) is 24.0 Å². The molecule has 0 aliphatic rings. The molecule has 162 valence electrons. The van der Waals surface area contributed by atoms with Gasteiger partial charge >= 0.3 is 0 Å². The topological polar surface area (TPSA) is 88.9 Å². The van der Waals surface area contributed by atoms with Crippen LogP contribution in [0.3, 0.4) is 0 Å². The molecule has 0 saturated carbocycles. The van der Waals surface area contributed by atoms with Gasteiger partial charge in [-0.25, -0.2) is 0 Å². The molecule has 0 unspecified atom stereocenters. The lowest BCUT2D eigenvalue weighted by Gasteiger charge is -2.09. The molecule has 0 spiro atoms. The number of hydrogen-bond donors (Lipinski definition) is 2. The Morgan fingerprint density at radius 1 is 1.03 bits per heavy atom. The highest BCUT2D eigenvalue weighted by molar-refractivity contribution is 7.99. The van der Waals surface area contributed by atoms with Crippen LogP contribution in [0, 0.1) is 6.92 Å². The van der Waals surface area contributed by atoms with Crippen LogP contribution in [0.1, 0.15) is 18.3 Å². The quantitative estimate of drug-likeness (QED) is 0.453. The van der Waals surface area contributed by atoms with Gasteiger partial charge < -0.3 is 15.2 Å². The molecule has 3 rings (SSSR count). The minimum absolute atomic E-state index is 0.0543. The number of rotatable bonds is 8. The minimum atomic E-state index is -0.227. The molecule has 0 aliphatic carbocycles. The number of nitrogens with zero attached hydrogens (tertiary/aromatic N) is 3. The Morgan fingerprint density at radius 2 is 1.81 bits per heavy atom. The average molecular weight is 478 g/mol. The van der Waals surface area contributed by atoms with Gasteiger partial charge in [-0.15, -0.1) is 10.2 Å². The van der Waals surface area contributed by atoms with Gasteiger partial charge in [-0.2, -0.15) is 0 Å². The molecule has 2 amide bonds. The third-order valence-electron chi connectivity index (χ3n) is 4.36. The predicted molar refractivity (Wildman–Crippen MR) is 125 cm³/mol. The summed E-state index contributed by atoms with van der Waals surface area (Å²) < 4.78 is 1.81. The van der Waals surface area contributed by atoms with Crippen LogP contribution >= 0.6 is 35.0 Å². The van der Waals surface area contributed by atoms with E-state index in [4.69, 9.17) is 23.2 Å². The van der Waals surface area contributed by atoms with E-state index in [0.717, 1.165) is 5.56 Å². The van der Waals surface area contributed by atoms with Gasteiger partial charge in [0.1, 0.15) is 5.82 Å². The minimum Gasteiger partial charge on any atom is -0.326 e. The van der Waals surface area contributed by atoms with E-state index >= 15 is 0 Å². The second-order valence-corrected chi connectivity index (χ2v) is 8.41. The molecular formula is C21H21Cl2N5O2S. The van der Waals surface area contributed by atoms with E-state index < -0.39 is 0 Å². The Bertz CT molecular complexity index is 1100. The van der Waals surface area contributed by atoms with Gasteiger partial charge in [0.05, 0.1) is 22.9 Å². The van der Waals surface area contributed by atoms with Crippen LogP contribution in [-0.2, 0) is 22.6 Å². The predicted octanol–water partition coefficient (Wildman–Crippen LogP) is 4.83. The summed E-state index contributed by atoms with van der Waals surface area (Å²) in [5, 5.41) is 15.5. The van der Waals surface area contributed by atoms with Crippen molar-refractivity contribution in [3.63, 3.8) is 0 Å². The highest BCUT2D eigenvalue weighted by Gasteiger charge is 2.16. The van der Waals surface area contributed by atoms with E-state index in [1.165, 1.54) is 11.8 Å². The summed E-state index contributed by atoms with van der Waals surface area (Å²) in [7, 11) is 0. The van der Waals surface area contributed by atoms with Crippen LogP contribution in [0.2, 0.25) is 10.0 Å². The van der Waals surface area contributed by atoms with Crippen LogP contribution in [0.15, 0.2) is 47.6 Å². The molecule has 0 bridgehead atoms. The number of thioether (sulfide) groups is 1. The highest BCUT2D eigenvalue weighted by atomic mass is 35.5. The first-order valence-corrected chi connectivity index (χ1v) is 11.3. The number of aryl methyl sites for hydroxylation is 1. The summed E-state index contributed by atoms with van der Waals surface area (Å²) in [4.78, 5) is 24.7. The number of anilines is 2. The van der Waals surface area contributed by atoms with Gasteiger partial charge in [0, 0.05) is 17.3 Å². The summed E-state index contributed by atoms with van der Waals surface area (Å²) in [5.41, 5.74) is 2.11. The molecule has 1 heterocycles. The third kappa shape index (κ3) is 6.22. The number of amides is 2. The molecule has 31 heavy (non-hydrogen) atoms. The molecule has 2 N–H and O–H groups in total. The summed E-state index contributed by atoms with van der Waals surface area (Å²) in [6.07, 6.45) is 0.0543. The van der Waals surface area contributed by atoms with Crippen molar-refractivity contribution in [1.29, 1.82) is 0 Å². The maximum absolute atomic E-state index is 12.4. The van der Waals surface area contributed by atoms with Gasteiger partial charge in [0.15, 0.2) is 5.16 Å². The van der Waals surface area contributed by atoms with E-state index in [9.17, 15) is 9.59 Å². The number of carbonyl (C=O) groups excluding carboxylic acids is 2. The Balaban J connectivity index is 1.59. The average Bonchev–Trinajstić information content (AvgIpc) is 3.12. The molecule has 3 aromatic rings. The smallest absolute Gasteiger partial charge is 0.234 e. The third-order valence-corrected chi connectivity index (χ3v) is 6.07. The van der Waals surface area contributed by atoms with E-state index in [0.29, 0.717) is 38.9 Å². The van der Waals surface area contributed by atoms with Crippen molar-refractivity contribution in [3.8, 4) is 0 Å². The maximum Gasteiger partial charge on any atom is 0.234 e. The second kappa shape index (κ2) is 10.7. The molecule has 1 aromatic heterocycles. The van der Waals surface area contributed by atoms with Crippen LogP contribution in [0.5, 0.6) is 0 Å². The molecule has 0 saturated heterocycles. The molecule has 7 nitrogen and oxygen atoms in total. The zero-order valence-corrected chi connectivity index (χ0v) is 19.3. The molecule has 0 fully saturated rings. The number of nitrogens with one attached hydrogen (secondary N) is 2. The van der Waals surface area contributed by atoms with Crippen LogP contribution in [-0.4, -0.2) is 32.3 Å². The van der Waals surface area contributed by atoms with Crippen molar-refractivity contribution in [2.24, 2.45) is 0 Å². The molecular weight excluding hydrogens is 457 g/mol. The highest BCUT2D eigenvalue weighted by Crippen LogP contribution is 2.23. The molecule has 10 heteroatoms. The normalized spacial score (nSPS) is 10.7. The second-order valence-electron chi connectivity index (χ2n) is 6.65. The van der Waals surface area contributed by atoms with Gasteiger partial charge in [0.25, 0.3) is 0 Å². The van der Waals surface area contributed by atoms with Gasteiger partial charge in [-0.05, 0) is 43.7 Å². The van der Waals surface area contributed by atoms with Crippen molar-refractivity contribution >= 4 is 58.2 Å². The van der Waals surface area contributed by atoms with Crippen molar-refractivity contribution in [1.82, 2.24) is 14.8 Å². The Labute approximate surface area is 194 Å². The molecule has 0 radical (unpaired) electrons. The first kappa shape index (κ1) is 23.1. The SMILES string of the molecule is CCn1c(CC(=O)Nc2ccc(C)c(Cl)c2)nnc1SCC(=O)Nc1ccccc1Cl. The van der Waals surface area contributed by atoms with Gasteiger partial charge in [-0.3, -0.25) is 9.59 Å². The number of carbonyl (C=O) groups is 2. The lowest BCUT2D eigenvalue weighted by atomic mass is 10.2. The monoisotopic (exact) mass is 477 g/mol. The van der Waals surface area contributed by atoms with Crippen LogP contribution < -0.4 is 10.6 Å². The largest absolute Gasteiger partial charge is 0.326 e. The Kier molecular flexibility index (Phi) is 7.95. The van der Waals surface area contributed by atoms with Gasteiger partial charge in [-0.1, -0.05) is 53.2 Å². The zero-order chi connectivity index (χ0) is 22.4. The first-order chi connectivity index (χ1) is 14.9. The summed E-state index contributed by atoms with van der Waals surface area (Å²) in [6.45, 7) is 4.39. The van der Waals surface area contributed by atoms with Crippen LogP contribution in [0.4, 0.5) is 11.4 Å². The summed E-state index contributed by atoms with van der Waals surface area (Å²) in [5.74, 6) is 0.221. The fourth-order valence-corrected chi connectivity index (χ4v) is 3.96. The number of benzene rings is 2. The number of para-hydroxylation sites is 1. The van der Waals surface area contributed by atoms with E-state index in [2.05, 4.69) is 20.8 Å². The Hall–Kier alpha value is -2.55. The summed E-state index contributed by atoms with van der Waals surface area (Å²) >= 11 is 13.4. The number of halogens is 2. The first-order valence-electron chi connectivity index (χ1n) is 9.52. The molecule has 0 atom stereocenters. The lowest BCUT2D eigenvalue weighted by molar-refractivity contribution is -0.116. The molecule has 2 aromatic carbocycles. The van der Waals surface area contributed by atoms with E-state index in [1.54, 1.807) is 36.4 Å². The Morgan fingerprint density at radius 3 is 2.52 bits per heavy atom. The van der Waals surface area contributed by atoms with Gasteiger partial charge in [0.2, 0.25) is 11.8 Å². The van der Waals surface area contributed by atoms with Crippen molar-refractivity contribution < 1.29 is 9.59 Å². The van der Waals surface area contributed by atoms with Crippen molar-refractivity contribution in [2.75, 3.05) is 16.4 Å². The maximum atomic E-state index is 12.4. The van der Waals surface area contributed by atoms with Crippen molar-refractivity contribution in [3.05, 3.63) is 63.9 Å². The van der Waals surface area contributed by atoms with Crippen molar-refractivity contribution in [2.45, 2.75) is 32.0 Å². The standard InChI is InChI=1S/C21H21Cl2N5O2S/c1-3-28-18(11-19(29)24-14-9-8-13(2)16(23)10-14)26-27-21(28)31-12-20(30)25-17-7-5-4-6-15(17)22/h4-10H,3,11-12H2,1-2H3,(H,24,29)(H,25,30). The van der Waals surface area contributed by atoms with E-state index in [1.807, 2.05) is 24.5 Å². The lowest BCUT2D eigenvalue weighted by Crippen LogP contribution is -2.18. The summed E-state index contributed by atoms with van der Waals surface area (Å²) in [6, 6.07) is 12.4. The fraction of sp³-hybridized carbons (Fsp3) is 0.238.